The molecule has 0 saturated heterocycles. The van der Waals surface area contributed by atoms with Crippen LogP contribution in [-0.2, 0) is 14.3 Å². The number of nitrogens with one attached hydrogen (secondary N) is 3. The highest BCUT2D eigenvalue weighted by atomic mass is 32.2. The van der Waals surface area contributed by atoms with Gasteiger partial charge in [-0.25, -0.2) is 9.59 Å². The van der Waals surface area contributed by atoms with Crippen molar-refractivity contribution in [1.29, 1.82) is 0 Å². The maximum atomic E-state index is 11.8. The minimum Gasteiger partial charge on any atom is -0.467 e. The van der Waals surface area contributed by atoms with Crippen LogP contribution < -0.4 is 16.6 Å². The third-order valence-corrected chi connectivity index (χ3v) is 3.38. The first-order valence-corrected chi connectivity index (χ1v) is 7.67. The van der Waals surface area contributed by atoms with Crippen LogP contribution >= 0.6 is 11.8 Å². The number of thioether (sulfide) groups is 1. The van der Waals surface area contributed by atoms with Crippen molar-refractivity contribution in [1.82, 2.24) is 15.3 Å². The molecule has 120 valence electrons. The van der Waals surface area contributed by atoms with Crippen LogP contribution in [0.2, 0.25) is 0 Å². The summed E-state index contributed by atoms with van der Waals surface area (Å²) in [4.78, 5) is 50.5. The Kier molecular flexibility index (Phi) is 6.64. The Balaban J connectivity index is 2.86. The van der Waals surface area contributed by atoms with E-state index in [0.29, 0.717) is 11.4 Å². The zero-order valence-electron chi connectivity index (χ0n) is 12.4. The highest BCUT2D eigenvalue weighted by Crippen LogP contribution is 2.01. The summed E-state index contributed by atoms with van der Waals surface area (Å²) in [6, 6.07) is -0.771. The largest absolute Gasteiger partial charge is 0.467 e. The van der Waals surface area contributed by atoms with Gasteiger partial charge < -0.3 is 15.0 Å². The van der Waals surface area contributed by atoms with Crippen molar-refractivity contribution in [3.05, 3.63) is 38.2 Å². The minimum atomic E-state index is -0.771. The van der Waals surface area contributed by atoms with E-state index in [1.807, 2.05) is 0 Å². The first kappa shape index (κ1) is 17.8. The molecule has 1 aromatic rings. The van der Waals surface area contributed by atoms with Gasteiger partial charge in [-0.2, -0.15) is 11.8 Å². The van der Waals surface area contributed by atoms with Crippen molar-refractivity contribution in [3.8, 4) is 0 Å². The molecule has 1 atom stereocenters. The average molecular weight is 327 g/mol. The molecule has 0 saturated carbocycles. The standard InChI is InChI=1S/C13H17N3O5S/c1-7-8(11(18)16-13(20)14-7)4-5-10(17)15-9(6-22-3)12(19)21-2/h4-5,9H,6H2,1-3H3,(H,15,17)(H2,14,16,18,20). The Morgan fingerprint density at radius 1 is 1.36 bits per heavy atom. The lowest BCUT2D eigenvalue weighted by molar-refractivity contribution is -0.143. The second kappa shape index (κ2) is 8.23. The Morgan fingerprint density at radius 3 is 2.59 bits per heavy atom. The first-order chi connectivity index (χ1) is 10.4. The molecule has 1 rings (SSSR count). The number of aryl methyl sites for hydroxylation is 1. The molecule has 22 heavy (non-hydrogen) atoms. The number of hydrogen-bond donors (Lipinski definition) is 3. The summed E-state index contributed by atoms with van der Waals surface area (Å²) in [5, 5.41) is 2.48. The average Bonchev–Trinajstić information content (AvgIpc) is 2.44. The van der Waals surface area contributed by atoms with Crippen LogP contribution in [0.4, 0.5) is 0 Å². The Bertz CT molecular complexity index is 692. The van der Waals surface area contributed by atoms with Gasteiger partial charge in [-0.15, -0.1) is 0 Å². The first-order valence-electron chi connectivity index (χ1n) is 6.27. The summed E-state index contributed by atoms with van der Waals surface area (Å²) in [5.41, 5.74) is -0.713. The van der Waals surface area contributed by atoms with Crippen LogP contribution in [0.25, 0.3) is 6.08 Å². The maximum absolute atomic E-state index is 11.8. The van der Waals surface area contributed by atoms with Crippen molar-refractivity contribution in [2.45, 2.75) is 13.0 Å². The summed E-state index contributed by atoms with van der Waals surface area (Å²) >= 11 is 1.38. The van der Waals surface area contributed by atoms with Gasteiger partial charge in [0.25, 0.3) is 5.56 Å². The van der Waals surface area contributed by atoms with E-state index in [0.717, 1.165) is 6.08 Å². The van der Waals surface area contributed by atoms with Crippen LogP contribution in [0.15, 0.2) is 15.7 Å². The lowest BCUT2D eigenvalue weighted by Gasteiger charge is -2.13. The number of methoxy groups -OCH3 is 1. The zero-order valence-corrected chi connectivity index (χ0v) is 13.2. The SMILES string of the molecule is COC(=O)C(CSC)NC(=O)C=Cc1c(C)[nH]c(=O)[nH]c1=O. The summed E-state index contributed by atoms with van der Waals surface area (Å²) in [7, 11) is 1.24. The monoisotopic (exact) mass is 327 g/mol. The molecule has 0 aliphatic heterocycles. The van der Waals surface area contributed by atoms with E-state index >= 15 is 0 Å². The van der Waals surface area contributed by atoms with E-state index < -0.39 is 29.2 Å². The van der Waals surface area contributed by atoms with Crippen LogP contribution in [0.5, 0.6) is 0 Å². The van der Waals surface area contributed by atoms with E-state index in [1.54, 1.807) is 13.2 Å². The van der Waals surface area contributed by atoms with E-state index in [1.165, 1.54) is 24.9 Å². The van der Waals surface area contributed by atoms with Gasteiger partial charge in [-0.05, 0) is 19.3 Å². The number of ether oxygens (including phenoxy) is 1. The third-order valence-electron chi connectivity index (χ3n) is 2.71. The molecule has 9 heteroatoms. The number of aromatic nitrogens is 2. The molecule has 1 aromatic heterocycles. The van der Waals surface area contributed by atoms with Gasteiger partial charge in [0.05, 0.1) is 12.7 Å². The Morgan fingerprint density at radius 2 is 2.05 bits per heavy atom. The lowest BCUT2D eigenvalue weighted by Crippen LogP contribution is -2.42. The fraction of sp³-hybridized carbons (Fsp3) is 0.385. The number of aromatic amines is 2. The molecule has 0 aliphatic carbocycles. The van der Waals surface area contributed by atoms with Crippen LogP contribution in [0, 0.1) is 6.92 Å². The van der Waals surface area contributed by atoms with Crippen molar-refractivity contribution in [2.24, 2.45) is 0 Å². The highest BCUT2D eigenvalue weighted by molar-refractivity contribution is 7.98. The van der Waals surface area contributed by atoms with Gasteiger partial charge >= 0.3 is 11.7 Å². The second-order valence-electron chi connectivity index (χ2n) is 4.32. The highest BCUT2D eigenvalue weighted by Gasteiger charge is 2.19. The predicted octanol–water partition coefficient (Wildman–Crippen LogP) is -0.594. The van der Waals surface area contributed by atoms with Crippen molar-refractivity contribution in [2.75, 3.05) is 19.1 Å². The number of esters is 1. The summed E-state index contributed by atoms with van der Waals surface area (Å²) in [6.07, 6.45) is 4.18. The molecule has 0 aromatic carbocycles. The fourth-order valence-electron chi connectivity index (χ4n) is 1.67. The molecule has 0 bridgehead atoms. The van der Waals surface area contributed by atoms with Crippen molar-refractivity contribution < 1.29 is 14.3 Å². The summed E-state index contributed by atoms with van der Waals surface area (Å²) < 4.78 is 4.59. The Labute approximate surface area is 130 Å². The van der Waals surface area contributed by atoms with Crippen molar-refractivity contribution in [3.63, 3.8) is 0 Å². The quantitative estimate of drug-likeness (QED) is 0.474. The van der Waals surface area contributed by atoms with Gasteiger partial charge in [0.1, 0.15) is 6.04 Å². The van der Waals surface area contributed by atoms with Crippen LogP contribution in [0.1, 0.15) is 11.3 Å². The van der Waals surface area contributed by atoms with Gasteiger partial charge in [-0.1, -0.05) is 0 Å². The number of carbonyl (C=O) groups excluding carboxylic acids is 2. The van der Waals surface area contributed by atoms with Gasteiger partial charge in [0.15, 0.2) is 0 Å². The molecular formula is C13H17N3O5S. The molecule has 0 aliphatic rings. The number of hydrogen-bond acceptors (Lipinski definition) is 6. The summed E-state index contributed by atoms with van der Waals surface area (Å²) in [6.45, 7) is 1.54. The lowest BCUT2D eigenvalue weighted by atomic mass is 10.2. The predicted molar refractivity (Wildman–Crippen MR) is 83.8 cm³/mol. The topological polar surface area (TPSA) is 121 Å². The molecular weight excluding hydrogens is 310 g/mol. The molecule has 0 fully saturated rings. The van der Waals surface area contributed by atoms with E-state index in [-0.39, 0.29) is 5.56 Å². The van der Waals surface area contributed by atoms with Gasteiger partial charge in [0.2, 0.25) is 5.91 Å². The number of amides is 1. The molecule has 8 nitrogen and oxygen atoms in total. The fourth-order valence-corrected chi connectivity index (χ4v) is 2.22. The van der Waals surface area contributed by atoms with Gasteiger partial charge in [0, 0.05) is 17.5 Å². The number of carbonyl (C=O) groups is 2. The number of rotatable bonds is 6. The third kappa shape index (κ3) is 4.92. The molecule has 0 radical (unpaired) electrons. The van der Waals surface area contributed by atoms with Crippen molar-refractivity contribution >= 4 is 29.7 Å². The molecule has 0 spiro atoms. The zero-order chi connectivity index (χ0) is 16.7. The van der Waals surface area contributed by atoms with E-state index in [4.69, 9.17) is 0 Å². The Hall–Kier alpha value is -2.29. The number of H-pyrrole nitrogens is 2. The smallest absolute Gasteiger partial charge is 0.329 e. The molecule has 3 N–H and O–H groups in total. The maximum Gasteiger partial charge on any atom is 0.329 e. The van der Waals surface area contributed by atoms with Crippen LogP contribution in [-0.4, -0.2) is 47.0 Å². The van der Waals surface area contributed by atoms with Crippen LogP contribution in [0.3, 0.4) is 0 Å². The molecule has 1 heterocycles. The second-order valence-corrected chi connectivity index (χ2v) is 5.23. The molecule has 1 amide bonds. The molecule has 1 unspecified atom stereocenters. The summed E-state index contributed by atoms with van der Waals surface area (Å²) in [5.74, 6) is -0.728. The van der Waals surface area contributed by atoms with E-state index in [2.05, 4.69) is 20.0 Å². The van der Waals surface area contributed by atoms with E-state index in [9.17, 15) is 19.2 Å². The normalized spacial score (nSPS) is 12.1. The minimum absolute atomic E-state index is 0.161. The van der Waals surface area contributed by atoms with Gasteiger partial charge in [-0.3, -0.25) is 14.6 Å².